The molecule has 0 fully saturated rings. The van der Waals surface area contributed by atoms with Gasteiger partial charge in [-0.25, -0.2) is 5.48 Å². The van der Waals surface area contributed by atoms with E-state index in [2.05, 4.69) is 26.1 Å². The van der Waals surface area contributed by atoms with Crippen molar-refractivity contribution >= 4 is 5.91 Å². The van der Waals surface area contributed by atoms with Crippen LogP contribution in [0, 0.1) is 0 Å². The summed E-state index contributed by atoms with van der Waals surface area (Å²) >= 11 is 0. The third-order valence-corrected chi connectivity index (χ3v) is 1.86. The van der Waals surface area contributed by atoms with Crippen LogP contribution in [0.2, 0.25) is 0 Å². The van der Waals surface area contributed by atoms with Crippen molar-refractivity contribution in [3.8, 4) is 0 Å². The fourth-order valence-corrected chi connectivity index (χ4v) is 1.11. The number of nitrogens with one attached hydrogen (secondary N) is 2. The lowest BCUT2D eigenvalue weighted by atomic mass is 10.1. The second-order valence-corrected chi connectivity index (χ2v) is 4.52. The van der Waals surface area contributed by atoms with E-state index in [1.165, 1.54) is 0 Å². The Hall–Kier alpha value is -0.610. The molecule has 0 rings (SSSR count). The van der Waals surface area contributed by atoms with Crippen LogP contribution in [0.1, 0.15) is 46.5 Å². The number of rotatable bonds is 6. The van der Waals surface area contributed by atoms with Gasteiger partial charge in [0.25, 0.3) is 0 Å². The molecule has 1 amide bonds. The van der Waals surface area contributed by atoms with Gasteiger partial charge >= 0.3 is 0 Å². The molecule has 4 heteroatoms. The van der Waals surface area contributed by atoms with Crippen LogP contribution in [0.3, 0.4) is 0 Å². The Bertz CT molecular complexity index is 164. The van der Waals surface area contributed by atoms with E-state index in [0.717, 1.165) is 25.8 Å². The number of hydrogen-bond donors (Lipinski definition) is 3. The van der Waals surface area contributed by atoms with E-state index < -0.39 is 0 Å². The first-order chi connectivity index (χ1) is 6.45. The van der Waals surface area contributed by atoms with Crippen LogP contribution >= 0.6 is 0 Å². The number of carbonyl (C=O) groups excluding carboxylic acids is 1. The van der Waals surface area contributed by atoms with E-state index in [1.54, 1.807) is 5.48 Å². The molecule has 0 aromatic rings. The van der Waals surface area contributed by atoms with Gasteiger partial charge < -0.3 is 5.32 Å². The quantitative estimate of drug-likeness (QED) is 0.347. The molecular formula is C10H22N2O2. The minimum Gasteiger partial charge on any atom is -0.312 e. The van der Waals surface area contributed by atoms with E-state index >= 15 is 0 Å². The smallest absolute Gasteiger partial charge is 0.243 e. The van der Waals surface area contributed by atoms with Crippen molar-refractivity contribution in [1.82, 2.24) is 10.8 Å². The number of hydroxylamine groups is 1. The summed E-state index contributed by atoms with van der Waals surface area (Å²) in [6.45, 7) is 7.37. The van der Waals surface area contributed by atoms with Gasteiger partial charge in [-0.15, -0.1) is 0 Å². The third-order valence-electron chi connectivity index (χ3n) is 1.86. The highest BCUT2D eigenvalue weighted by atomic mass is 16.5. The molecule has 0 bridgehead atoms. The van der Waals surface area contributed by atoms with Crippen LogP contribution < -0.4 is 10.8 Å². The Labute approximate surface area is 86.0 Å². The Kier molecular flexibility index (Phi) is 6.49. The standard InChI is InChI=1S/C10H22N2O2/c1-10(2,3)11-8-6-4-5-7-9(13)12-14/h11,14H,4-8H2,1-3H3,(H,12,13). The Morgan fingerprint density at radius 3 is 2.36 bits per heavy atom. The first kappa shape index (κ1) is 13.4. The first-order valence-electron chi connectivity index (χ1n) is 5.13. The summed E-state index contributed by atoms with van der Waals surface area (Å²) in [6, 6.07) is 0. The van der Waals surface area contributed by atoms with Crippen molar-refractivity contribution in [1.29, 1.82) is 0 Å². The van der Waals surface area contributed by atoms with Gasteiger partial charge in [-0.05, 0) is 40.2 Å². The summed E-state index contributed by atoms with van der Waals surface area (Å²) in [4.78, 5) is 10.6. The second-order valence-electron chi connectivity index (χ2n) is 4.52. The van der Waals surface area contributed by atoms with Crippen LogP contribution in [-0.2, 0) is 4.79 Å². The monoisotopic (exact) mass is 202 g/mol. The average Bonchev–Trinajstić information content (AvgIpc) is 2.08. The Morgan fingerprint density at radius 2 is 1.86 bits per heavy atom. The fourth-order valence-electron chi connectivity index (χ4n) is 1.11. The molecule has 14 heavy (non-hydrogen) atoms. The molecule has 0 aromatic heterocycles. The molecule has 0 aliphatic rings. The highest BCUT2D eigenvalue weighted by Gasteiger charge is 2.07. The van der Waals surface area contributed by atoms with Crippen LogP contribution in [0.25, 0.3) is 0 Å². The van der Waals surface area contributed by atoms with Gasteiger partial charge in [0.1, 0.15) is 0 Å². The molecule has 0 atom stereocenters. The summed E-state index contributed by atoms with van der Waals surface area (Å²) in [5, 5.41) is 11.6. The molecule has 84 valence electrons. The number of hydrogen-bond acceptors (Lipinski definition) is 3. The maximum absolute atomic E-state index is 10.6. The second kappa shape index (κ2) is 6.79. The summed E-state index contributed by atoms with van der Waals surface area (Å²) < 4.78 is 0. The van der Waals surface area contributed by atoms with E-state index in [9.17, 15) is 4.79 Å². The molecule has 0 radical (unpaired) electrons. The van der Waals surface area contributed by atoms with Gasteiger partial charge in [0, 0.05) is 12.0 Å². The SMILES string of the molecule is CC(C)(C)NCCCCCC(=O)NO. The minimum atomic E-state index is -0.297. The van der Waals surface area contributed by atoms with Crippen molar-refractivity contribution < 1.29 is 10.0 Å². The molecule has 4 nitrogen and oxygen atoms in total. The van der Waals surface area contributed by atoms with Crippen molar-refractivity contribution in [3.63, 3.8) is 0 Å². The maximum atomic E-state index is 10.6. The molecule has 0 aromatic carbocycles. The van der Waals surface area contributed by atoms with Crippen molar-refractivity contribution in [2.75, 3.05) is 6.54 Å². The van der Waals surface area contributed by atoms with E-state index in [0.29, 0.717) is 6.42 Å². The molecular weight excluding hydrogens is 180 g/mol. The normalized spacial score (nSPS) is 11.4. The van der Waals surface area contributed by atoms with Crippen LogP contribution in [0.4, 0.5) is 0 Å². The van der Waals surface area contributed by atoms with Crippen LogP contribution in [-0.4, -0.2) is 23.2 Å². The summed E-state index contributed by atoms with van der Waals surface area (Å²) in [5.74, 6) is -0.297. The summed E-state index contributed by atoms with van der Waals surface area (Å²) in [7, 11) is 0. The third kappa shape index (κ3) is 9.48. The number of unbranched alkanes of at least 4 members (excludes halogenated alkanes) is 2. The number of carbonyl (C=O) groups is 1. The zero-order valence-electron chi connectivity index (χ0n) is 9.39. The minimum absolute atomic E-state index is 0.169. The zero-order chi connectivity index (χ0) is 11.0. The Balaban J connectivity index is 3.18. The molecule has 0 unspecified atom stereocenters. The van der Waals surface area contributed by atoms with Gasteiger partial charge in [0.05, 0.1) is 0 Å². The highest BCUT2D eigenvalue weighted by molar-refractivity contribution is 5.74. The van der Waals surface area contributed by atoms with Crippen LogP contribution in [0.15, 0.2) is 0 Å². The van der Waals surface area contributed by atoms with Crippen LogP contribution in [0.5, 0.6) is 0 Å². The predicted molar refractivity (Wildman–Crippen MR) is 56.2 cm³/mol. The van der Waals surface area contributed by atoms with E-state index in [1.807, 2.05) is 0 Å². The predicted octanol–water partition coefficient (Wildman–Crippen LogP) is 1.44. The van der Waals surface area contributed by atoms with Gasteiger partial charge in [-0.2, -0.15) is 0 Å². The fraction of sp³-hybridized carbons (Fsp3) is 0.900. The topological polar surface area (TPSA) is 61.4 Å². The molecule has 0 saturated heterocycles. The average molecular weight is 202 g/mol. The van der Waals surface area contributed by atoms with Crippen molar-refractivity contribution in [2.45, 2.75) is 52.0 Å². The van der Waals surface area contributed by atoms with E-state index in [4.69, 9.17) is 5.21 Å². The molecule has 0 saturated carbocycles. The molecule has 0 spiro atoms. The van der Waals surface area contributed by atoms with Gasteiger partial charge in [-0.1, -0.05) is 6.42 Å². The highest BCUT2D eigenvalue weighted by Crippen LogP contribution is 2.02. The zero-order valence-corrected chi connectivity index (χ0v) is 9.39. The summed E-state index contributed by atoms with van der Waals surface area (Å²) in [5.41, 5.74) is 1.79. The van der Waals surface area contributed by atoms with Gasteiger partial charge in [-0.3, -0.25) is 10.0 Å². The summed E-state index contributed by atoms with van der Waals surface area (Å²) in [6.07, 6.45) is 3.32. The lowest BCUT2D eigenvalue weighted by Gasteiger charge is -2.20. The lowest BCUT2D eigenvalue weighted by molar-refractivity contribution is -0.129. The maximum Gasteiger partial charge on any atom is 0.243 e. The first-order valence-corrected chi connectivity index (χ1v) is 5.13. The molecule has 0 heterocycles. The van der Waals surface area contributed by atoms with E-state index in [-0.39, 0.29) is 11.4 Å². The molecule has 0 aliphatic heterocycles. The largest absolute Gasteiger partial charge is 0.312 e. The lowest BCUT2D eigenvalue weighted by Crippen LogP contribution is -2.36. The molecule has 0 aliphatic carbocycles. The molecule has 3 N–H and O–H groups in total. The Morgan fingerprint density at radius 1 is 1.21 bits per heavy atom. The van der Waals surface area contributed by atoms with Crippen molar-refractivity contribution in [2.24, 2.45) is 0 Å². The van der Waals surface area contributed by atoms with Crippen molar-refractivity contribution in [3.05, 3.63) is 0 Å². The number of amides is 1. The van der Waals surface area contributed by atoms with Gasteiger partial charge in [0.15, 0.2) is 0 Å². The van der Waals surface area contributed by atoms with Gasteiger partial charge in [0.2, 0.25) is 5.91 Å².